The van der Waals surface area contributed by atoms with E-state index in [-0.39, 0.29) is 0 Å². The maximum absolute atomic E-state index is 5.58. The molecular formula is C16H30N2OS. The predicted molar refractivity (Wildman–Crippen MR) is 86.6 cm³/mol. The molecule has 0 aromatic rings. The van der Waals surface area contributed by atoms with Crippen molar-refractivity contribution in [3.05, 3.63) is 0 Å². The monoisotopic (exact) mass is 298 g/mol. The van der Waals surface area contributed by atoms with Gasteiger partial charge in [-0.2, -0.15) is 11.8 Å². The van der Waals surface area contributed by atoms with Crippen LogP contribution in [0.25, 0.3) is 0 Å². The van der Waals surface area contributed by atoms with Crippen LogP contribution in [0.3, 0.4) is 0 Å². The Kier molecular flexibility index (Phi) is 5.66. The molecule has 3 nitrogen and oxygen atoms in total. The summed E-state index contributed by atoms with van der Waals surface area (Å²) < 4.78 is 5.58. The minimum absolute atomic E-state index is 0.424. The third kappa shape index (κ3) is 3.70. The first kappa shape index (κ1) is 15.1. The summed E-state index contributed by atoms with van der Waals surface area (Å²) in [6, 6.07) is 0.765. The molecule has 1 aliphatic carbocycles. The number of hydrogen-bond donors (Lipinski definition) is 1. The van der Waals surface area contributed by atoms with E-state index in [2.05, 4.69) is 22.0 Å². The Morgan fingerprint density at radius 2 is 1.85 bits per heavy atom. The highest BCUT2D eigenvalue weighted by molar-refractivity contribution is 7.99. The van der Waals surface area contributed by atoms with E-state index in [1.807, 2.05) is 0 Å². The number of hydrogen-bond acceptors (Lipinski definition) is 4. The van der Waals surface area contributed by atoms with Crippen LogP contribution in [0.5, 0.6) is 0 Å². The summed E-state index contributed by atoms with van der Waals surface area (Å²) in [6.07, 6.45) is 9.84. The van der Waals surface area contributed by atoms with Gasteiger partial charge in [-0.15, -0.1) is 0 Å². The van der Waals surface area contributed by atoms with Crippen molar-refractivity contribution in [1.82, 2.24) is 10.2 Å². The first-order valence-corrected chi connectivity index (χ1v) is 9.68. The molecule has 0 aromatic heterocycles. The molecule has 0 amide bonds. The lowest BCUT2D eigenvalue weighted by Gasteiger charge is -2.46. The molecule has 1 saturated carbocycles. The van der Waals surface area contributed by atoms with Crippen LogP contribution in [-0.2, 0) is 4.74 Å². The maximum atomic E-state index is 5.58. The van der Waals surface area contributed by atoms with Gasteiger partial charge in [0.15, 0.2) is 0 Å². The smallest absolute Gasteiger partial charge is 0.0594 e. The van der Waals surface area contributed by atoms with E-state index in [4.69, 9.17) is 4.74 Å². The summed E-state index contributed by atoms with van der Waals surface area (Å²) >= 11 is 2.11. The van der Waals surface area contributed by atoms with Gasteiger partial charge in [-0.25, -0.2) is 0 Å². The molecular weight excluding hydrogens is 268 g/mol. The van der Waals surface area contributed by atoms with Crippen LogP contribution in [-0.4, -0.2) is 60.8 Å². The normalized spacial score (nSPS) is 32.1. The summed E-state index contributed by atoms with van der Waals surface area (Å²) in [5.74, 6) is 2.67. The van der Waals surface area contributed by atoms with Crippen molar-refractivity contribution in [2.75, 3.05) is 44.4 Å². The maximum Gasteiger partial charge on any atom is 0.0594 e. The molecule has 3 fully saturated rings. The van der Waals surface area contributed by atoms with Crippen LogP contribution in [0.2, 0.25) is 0 Å². The number of morpholine rings is 1. The van der Waals surface area contributed by atoms with E-state index in [0.29, 0.717) is 5.54 Å². The van der Waals surface area contributed by atoms with Crippen LogP contribution >= 0.6 is 11.8 Å². The first-order valence-electron chi connectivity index (χ1n) is 8.53. The zero-order valence-electron chi connectivity index (χ0n) is 12.7. The van der Waals surface area contributed by atoms with Crippen molar-refractivity contribution in [1.29, 1.82) is 0 Å². The highest BCUT2D eigenvalue weighted by Crippen LogP contribution is 2.33. The number of thioether (sulfide) groups is 1. The van der Waals surface area contributed by atoms with Crippen LogP contribution in [0.15, 0.2) is 0 Å². The molecule has 4 heteroatoms. The lowest BCUT2D eigenvalue weighted by molar-refractivity contribution is -0.0293. The van der Waals surface area contributed by atoms with Crippen LogP contribution in [0.4, 0.5) is 0 Å². The van der Waals surface area contributed by atoms with E-state index in [1.54, 1.807) is 0 Å². The molecule has 2 aliphatic heterocycles. The second kappa shape index (κ2) is 7.48. The van der Waals surface area contributed by atoms with Crippen molar-refractivity contribution in [2.24, 2.45) is 0 Å². The van der Waals surface area contributed by atoms with Gasteiger partial charge in [-0.05, 0) is 25.0 Å². The fourth-order valence-corrected chi connectivity index (χ4v) is 5.25. The van der Waals surface area contributed by atoms with Gasteiger partial charge in [-0.3, -0.25) is 4.90 Å². The SMILES string of the molecule is C1CCCC(CNC2CCSC2)(N2CCOCC2)CC1. The molecule has 1 atom stereocenters. The molecule has 0 radical (unpaired) electrons. The Labute approximate surface area is 128 Å². The molecule has 1 N–H and O–H groups in total. The second-order valence-corrected chi connectivity index (χ2v) is 7.83. The molecule has 3 aliphatic rings. The van der Waals surface area contributed by atoms with Gasteiger partial charge in [0.05, 0.1) is 13.2 Å². The van der Waals surface area contributed by atoms with Gasteiger partial charge in [0.1, 0.15) is 0 Å². The standard InChI is InChI=1S/C16H30N2OS/c1-2-4-7-16(6-3-1,18-8-10-19-11-9-18)14-17-15-5-12-20-13-15/h15,17H,1-14H2. The van der Waals surface area contributed by atoms with E-state index in [1.165, 1.54) is 63.0 Å². The summed E-state index contributed by atoms with van der Waals surface area (Å²) in [6.45, 7) is 5.35. The number of ether oxygens (including phenoxy) is 1. The molecule has 3 rings (SSSR count). The molecule has 2 heterocycles. The Morgan fingerprint density at radius 3 is 2.50 bits per heavy atom. The van der Waals surface area contributed by atoms with Crippen LogP contribution in [0, 0.1) is 0 Å². The molecule has 2 saturated heterocycles. The van der Waals surface area contributed by atoms with Crippen molar-refractivity contribution >= 4 is 11.8 Å². The van der Waals surface area contributed by atoms with Gasteiger partial charge >= 0.3 is 0 Å². The van der Waals surface area contributed by atoms with Crippen molar-refractivity contribution in [2.45, 2.75) is 56.5 Å². The lowest BCUT2D eigenvalue weighted by Crippen LogP contribution is -2.59. The molecule has 1 unspecified atom stereocenters. The fraction of sp³-hybridized carbons (Fsp3) is 1.00. The van der Waals surface area contributed by atoms with Gasteiger partial charge < -0.3 is 10.1 Å². The van der Waals surface area contributed by atoms with Gasteiger partial charge in [0.25, 0.3) is 0 Å². The quantitative estimate of drug-likeness (QED) is 0.806. The van der Waals surface area contributed by atoms with Gasteiger partial charge in [-0.1, -0.05) is 25.7 Å². The topological polar surface area (TPSA) is 24.5 Å². The zero-order chi connectivity index (χ0) is 13.7. The van der Waals surface area contributed by atoms with Gasteiger partial charge in [0.2, 0.25) is 0 Å². The van der Waals surface area contributed by atoms with Crippen molar-refractivity contribution < 1.29 is 4.74 Å². The summed E-state index contributed by atoms with van der Waals surface area (Å²) in [5, 5.41) is 3.91. The highest BCUT2D eigenvalue weighted by Gasteiger charge is 2.38. The number of rotatable bonds is 4. The Bertz CT molecular complexity index is 280. The van der Waals surface area contributed by atoms with E-state index in [9.17, 15) is 0 Å². The number of nitrogens with zero attached hydrogens (tertiary/aromatic N) is 1. The van der Waals surface area contributed by atoms with E-state index < -0.39 is 0 Å². The average Bonchev–Trinajstić information content (AvgIpc) is 2.91. The summed E-state index contributed by atoms with van der Waals surface area (Å²) in [5.41, 5.74) is 0.424. The third-order valence-electron chi connectivity index (χ3n) is 5.37. The van der Waals surface area contributed by atoms with Crippen LogP contribution in [0.1, 0.15) is 44.9 Å². The molecule has 116 valence electrons. The fourth-order valence-electron chi connectivity index (χ4n) is 4.06. The second-order valence-electron chi connectivity index (χ2n) is 6.68. The summed E-state index contributed by atoms with van der Waals surface area (Å²) in [4.78, 5) is 2.76. The molecule has 0 aromatic carbocycles. The minimum Gasteiger partial charge on any atom is -0.379 e. The summed E-state index contributed by atoms with van der Waals surface area (Å²) in [7, 11) is 0. The molecule has 20 heavy (non-hydrogen) atoms. The highest BCUT2D eigenvalue weighted by atomic mass is 32.2. The van der Waals surface area contributed by atoms with Crippen LogP contribution < -0.4 is 5.32 Å². The molecule has 0 bridgehead atoms. The largest absolute Gasteiger partial charge is 0.379 e. The molecule has 0 spiro atoms. The Balaban J connectivity index is 1.64. The Hall–Kier alpha value is 0.230. The third-order valence-corrected chi connectivity index (χ3v) is 6.53. The van der Waals surface area contributed by atoms with Crippen molar-refractivity contribution in [3.63, 3.8) is 0 Å². The number of nitrogens with one attached hydrogen (secondary N) is 1. The van der Waals surface area contributed by atoms with Gasteiger partial charge in [0, 0.05) is 37.0 Å². The zero-order valence-corrected chi connectivity index (χ0v) is 13.6. The van der Waals surface area contributed by atoms with E-state index >= 15 is 0 Å². The predicted octanol–water partition coefficient (Wildman–Crippen LogP) is 2.51. The first-order chi connectivity index (χ1) is 9.89. The average molecular weight is 298 g/mol. The minimum atomic E-state index is 0.424. The van der Waals surface area contributed by atoms with E-state index in [0.717, 1.165) is 32.3 Å². The lowest BCUT2D eigenvalue weighted by atomic mass is 9.87. The Morgan fingerprint density at radius 1 is 1.10 bits per heavy atom. The van der Waals surface area contributed by atoms with Crippen molar-refractivity contribution in [3.8, 4) is 0 Å².